The van der Waals surface area contributed by atoms with E-state index in [-0.39, 0.29) is 24.2 Å². The fourth-order valence-corrected chi connectivity index (χ4v) is 4.95. The number of nitro benzene ring substituents is 1. The van der Waals surface area contributed by atoms with Gasteiger partial charge in [0.25, 0.3) is 5.69 Å². The van der Waals surface area contributed by atoms with Gasteiger partial charge in [-0.3, -0.25) is 19.7 Å². The number of methoxy groups -OCH3 is 1. The van der Waals surface area contributed by atoms with Crippen molar-refractivity contribution in [3.63, 3.8) is 0 Å². The molecule has 0 spiro atoms. The number of carbonyl (C=O) groups excluding carboxylic acids is 2. The molecule has 45 heavy (non-hydrogen) atoms. The Morgan fingerprint density at radius 3 is 1.82 bits per heavy atom. The number of carbonyl (C=O) groups is 2. The van der Waals surface area contributed by atoms with Gasteiger partial charge < -0.3 is 14.4 Å². The molecule has 0 aromatic heterocycles. The van der Waals surface area contributed by atoms with Crippen molar-refractivity contribution < 1.29 is 24.0 Å². The molecular formula is C35H42N4O6. The lowest BCUT2D eigenvalue weighted by molar-refractivity contribution is -0.384. The number of hydrogen-bond donors (Lipinski definition) is 0. The first-order valence-corrected chi connectivity index (χ1v) is 15.0. The predicted molar refractivity (Wildman–Crippen MR) is 177 cm³/mol. The highest BCUT2D eigenvalue weighted by Crippen LogP contribution is 2.38. The molecule has 3 rings (SSSR count). The van der Waals surface area contributed by atoms with Crippen LogP contribution in [0.4, 0.5) is 22.7 Å². The molecule has 1 unspecified atom stereocenters. The summed E-state index contributed by atoms with van der Waals surface area (Å²) in [6.07, 6.45) is 4.71. The van der Waals surface area contributed by atoms with Gasteiger partial charge in [0.05, 0.1) is 40.8 Å². The topological polar surface area (TPSA) is 124 Å². The summed E-state index contributed by atoms with van der Waals surface area (Å²) >= 11 is 0. The second-order valence-corrected chi connectivity index (χ2v) is 11.7. The van der Waals surface area contributed by atoms with Crippen molar-refractivity contribution in [2.24, 2.45) is 21.1 Å². The summed E-state index contributed by atoms with van der Waals surface area (Å²) in [5.41, 5.74) is 2.68. The van der Waals surface area contributed by atoms with Crippen molar-refractivity contribution in [1.82, 2.24) is 0 Å². The van der Waals surface area contributed by atoms with Gasteiger partial charge in [-0.2, -0.15) is 10.2 Å². The molecule has 10 heteroatoms. The van der Waals surface area contributed by atoms with E-state index in [1.54, 1.807) is 26.0 Å². The Morgan fingerprint density at radius 1 is 0.844 bits per heavy atom. The maximum atomic E-state index is 12.9. The van der Waals surface area contributed by atoms with Gasteiger partial charge in [-0.05, 0) is 100 Å². The average Bonchev–Trinajstić information content (AvgIpc) is 3.05. The van der Waals surface area contributed by atoms with E-state index in [9.17, 15) is 19.7 Å². The van der Waals surface area contributed by atoms with Crippen LogP contribution in [0.2, 0.25) is 0 Å². The maximum Gasteiger partial charge on any atom is 0.311 e. The van der Waals surface area contributed by atoms with Crippen LogP contribution >= 0.6 is 0 Å². The fourth-order valence-electron chi connectivity index (χ4n) is 4.95. The van der Waals surface area contributed by atoms with E-state index < -0.39 is 15.8 Å². The summed E-state index contributed by atoms with van der Waals surface area (Å²) in [7, 11) is 1.36. The molecule has 0 fully saturated rings. The van der Waals surface area contributed by atoms with Crippen LogP contribution in [0.3, 0.4) is 0 Å². The van der Waals surface area contributed by atoms with Crippen LogP contribution in [-0.2, 0) is 19.1 Å². The number of rotatable bonds is 15. The third kappa shape index (κ3) is 9.82. The summed E-state index contributed by atoms with van der Waals surface area (Å²) in [6.45, 7) is 10.8. The lowest BCUT2D eigenvalue weighted by Crippen LogP contribution is -2.39. The fraction of sp³-hybridized carbons (Fsp3) is 0.371. The summed E-state index contributed by atoms with van der Waals surface area (Å²) in [5, 5.41) is 19.5. The molecule has 10 nitrogen and oxygen atoms in total. The Balaban J connectivity index is 1.52. The van der Waals surface area contributed by atoms with Crippen molar-refractivity contribution >= 4 is 46.8 Å². The molecule has 0 bridgehead atoms. The molecular weight excluding hydrogens is 572 g/mol. The molecule has 3 aromatic carbocycles. The van der Waals surface area contributed by atoms with E-state index in [1.165, 1.54) is 19.2 Å². The Kier molecular flexibility index (Phi) is 12.1. The van der Waals surface area contributed by atoms with E-state index in [2.05, 4.69) is 15.1 Å². The van der Waals surface area contributed by atoms with Gasteiger partial charge in [-0.15, -0.1) is 0 Å². The van der Waals surface area contributed by atoms with Crippen molar-refractivity contribution in [2.75, 3.05) is 31.7 Å². The normalized spacial score (nSPS) is 13.0. The molecule has 0 heterocycles. The van der Waals surface area contributed by atoms with E-state index in [0.29, 0.717) is 30.8 Å². The van der Waals surface area contributed by atoms with Gasteiger partial charge in [-0.1, -0.05) is 31.2 Å². The number of ether oxygens (including phenoxy) is 2. The smallest absolute Gasteiger partial charge is 0.311 e. The number of esters is 2. The molecule has 0 saturated carbocycles. The van der Waals surface area contributed by atoms with Gasteiger partial charge in [0.15, 0.2) is 0 Å². The van der Waals surface area contributed by atoms with Crippen LogP contribution in [0.5, 0.6) is 0 Å². The molecule has 0 aliphatic carbocycles. The van der Waals surface area contributed by atoms with Crippen LogP contribution in [0.25, 0.3) is 12.2 Å². The first-order valence-electron chi connectivity index (χ1n) is 15.0. The number of hydrogen-bond acceptors (Lipinski definition) is 9. The number of likely N-dealkylation sites (N-methyl/N-ethyl adjacent to an activating group) is 1. The Morgan fingerprint density at radius 2 is 1.36 bits per heavy atom. The van der Waals surface area contributed by atoms with Crippen molar-refractivity contribution in [2.45, 2.75) is 47.5 Å². The van der Waals surface area contributed by atoms with Crippen LogP contribution in [0.1, 0.15) is 58.6 Å². The van der Waals surface area contributed by atoms with Crippen molar-refractivity contribution in [3.8, 4) is 0 Å². The first kappa shape index (κ1) is 34.6. The molecule has 0 aliphatic rings. The second-order valence-electron chi connectivity index (χ2n) is 11.7. The molecule has 0 saturated heterocycles. The van der Waals surface area contributed by atoms with Crippen molar-refractivity contribution in [1.29, 1.82) is 0 Å². The molecule has 0 N–H and O–H groups in total. The Hall–Kier alpha value is -4.86. The van der Waals surface area contributed by atoms with Gasteiger partial charge in [0.1, 0.15) is 6.61 Å². The minimum Gasteiger partial charge on any atom is -0.469 e. The van der Waals surface area contributed by atoms with E-state index in [4.69, 9.17) is 9.47 Å². The third-order valence-corrected chi connectivity index (χ3v) is 7.78. The number of benzene rings is 3. The molecule has 3 aromatic rings. The van der Waals surface area contributed by atoms with E-state index in [1.807, 2.05) is 81.5 Å². The lowest BCUT2D eigenvalue weighted by Gasteiger charge is -2.33. The standard InChI is InChI=1S/C35H42N4O6/c1-7-35(5,33(41)44-6)25-34(3,4)32(40)45-24-23-38(8-2)30-21-17-29(18-22-30)37-36-28-15-11-26(12-16-28)9-10-27-13-19-31(20-14-27)39(42)43/h9-22H,7-8,23-25H2,1-6H3. The highest BCUT2D eigenvalue weighted by atomic mass is 16.6. The number of azo groups is 1. The highest BCUT2D eigenvalue weighted by molar-refractivity contribution is 5.80. The van der Waals surface area contributed by atoms with Gasteiger partial charge in [-0.25, -0.2) is 0 Å². The molecule has 0 radical (unpaired) electrons. The zero-order chi connectivity index (χ0) is 33.0. The number of non-ortho nitro benzene ring substituents is 1. The largest absolute Gasteiger partial charge is 0.469 e. The number of nitro groups is 1. The average molecular weight is 615 g/mol. The van der Waals surface area contributed by atoms with Gasteiger partial charge in [0.2, 0.25) is 0 Å². The first-order chi connectivity index (χ1) is 21.4. The van der Waals surface area contributed by atoms with Crippen LogP contribution < -0.4 is 4.90 Å². The number of nitrogens with zero attached hydrogens (tertiary/aromatic N) is 4. The summed E-state index contributed by atoms with van der Waals surface area (Å²) in [5.74, 6) is -0.665. The SMILES string of the molecule is CCN(CCOC(=O)C(C)(C)CC(C)(CC)C(=O)OC)c1ccc(N=Nc2ccc(C=Cc3ccc([N+](=O)[O-])cc3)cc2)cc1. The molecule has 0 aliphatic heterocycles. The summed E-state index contributed by atoms with van der Waals surface area (Å²) < 4.78 is 10.6. The highest BCUT2D eigenvalue weighted by Gasteiger charge is 2.42. The van der Waals surface area contributed by atoms with E-state index >= 15 is 0 Å². The molecule has 0 amide bonds. The lowest BCUT2D eigenvalue weighted by atomic mass is 9.72. The van der Waals surface area contributed by atoms with Crippen LogP contribution in [0.15, 0.2) is 83.0 Å². The zero-order valence-electron chi connectivity index (χ0n) is 26.9. The monoisotopic (exact) mass is 614 g/mol. The van der Waals surface area contributed by atoms with Crippen molar-refractivity contribution in [3.05, 3.63) is 94.0 Å². The van der Waals surface area contributed by atoms with E-state index in [0.717, 1.165) is 23.4 Å². The second kappa shape index (κ2) is 15.7. The maximum absolute atomic E-state index is 12.9. The summed E-state index contributed by atoms with van der Waals surface area (Å²) in [4.78, 5) is 37.7. The minimum absolute atomic E-state index is 0.0622. The van der Waals surface area contributed by atoms with Gasteiger partial charge >= 0.3 is 11.9 Å². The Labute approximate surface area is 264 Å². The quantitative estimate of drug-likeness (QED) is 0.0552. The predicted octanol–water partition coefficient (Wildman–Crippen LogP) is 8.56. The Bertz CT molecular complexity index is 1500. The van der Waals surface area contributed by atoms with Gasteiger partial charge in [0, 0.05) is 24.4 Å². The summed E-state index contributed by atoms with van der Waals surface area (Å²) in [6, 6.07) is 21.6. The number of anilines is 1. The third-order valence-electron chi connectivity index (χ3n) is 7.78. The molecule has 1 atom stereocenters. The van der Waals surface area contributed by atoms with Crippen LogP contribution in [0, 0.1) is 20.9 Å². The zero-order valence-corrected chi connectivity index (χ0v) is 26.9. The molecule has 238 valence electrons. The minimum atomic E-state index is -0.838. The van der Waals surface area contributed by atoms with Crippen LogP contribution in [-0.4, -0.2) is 43.7 Å².